The lowest BCUT2D eigenvalue weighted by atomic mass is 10.0. The van der Waals surface area contributed by atoms with Gasteiger partial charge in [0.25, 0.3) is 0 Å². The Balaban J connectivity index is 2.12. The molecule has 0 aliphatic rings. The molecule has 0 aromatic heterocycles. The van der Waals surface area contributed by atoms with E-state index in [0.717, 1.165) is 18.2 Å². The molecule has 0 saturated carbocycles. The highest BCUT2D eigenvalue weighted by Crippen LogP contribution is 2.37. The van der Waals surface area contributed by atoms with Gasteiger partial charge in [-0.25, -0.2) is 0 Å². The summed E-state index contributed by atoms with van der Waals surface area (Å²) in [7, 11) is 0. The average Bonchev–Trinajstić information content (AvgIpc) is 2.72. The lowest BCUT2D eigenvalue weighted by molar-refractivity contribution is -0.138. The van der Waals surface area contributed by atoms with E-state index in [0.29, 0.717) is 0 Å². The fourth-order valence-corrected chi connectivity index (χ4v) is 3.06. The van der Waals surface area contributed by atoms with E-state index in [1.54, 1.807) is 0 Å². The van der Waals surface area contributed by atoms with Crippen molar-refractivity contribution in [2.45, 2.75) is 38.2 Å². The molecule has 0 radical (unpaired) electrons. The lowest BCUT2D eigenvalue weighted by Gasteiger charge is -2.20. The van der Waals surface area contributed by atoms with Gasteiger partial charge in [0.1, 0.15) is 17.6 Å². The van der Waals surface area contributed by atoms with Gasteiger partial charge in [-0.2, -0.15) is 31.6 Å². The monoisotopic (exact) mass is 469 g/mol. The van der Waals surface area contributed by atoms with Crippen LogP contribution in [-0.4, -0.2) is 12.7 Å². The summed E-state index contributed by atoms with van der Waals surface area (Å²) >= 11 is 0. The Morgan fingerprint density at radius 2 is 1.64 bits per heavy atom. The molecule has 0 saturated heterocycles. The van der Waals surface area contributed by atoms with Gasteiger partial charge in [0.05, 0.1) is 29.4 Å². The number of halogens is 6. The predicted molar refractivity (Wildman–Crippen MR) is 112 cm³/mol. The van der Waals surface area contributed by atoms with Crippen LogP contribution in [0.3, 0.4) is 0 Å². The number of hydrogen-bond acceptors (Lipinski definition) is 3. The highest BCUT2D eigenvalue weighted by molar-refractivity contribution is 5.66. The second kappa shape index (κ2) is 10.5. The van der Waals surface area contributed by atoms with Crippen molar-refractivity contribution in [3.05, 3.63) is 77.9 Å². The van der Waals surface area contributed by atoms with Gasteiger partial charge in [-0.05, 0) is 42.8 Å². The minimum absolute atomic E-state index is 0.0117. The first-order valence-corrected chi connectivity index (χ1v) is 9.75. The molecule has 1 unspecified atom stereocenters. The molecule has 2 aromatic carbocycles. The van der Waals surface area contributed by atoms with Crippen molar-refractivity contribution in [3.63, 3.8) is 0 Å². The van der Waals surface area contributed by atoms with Crippen LogP contribution in [0.25, 0.3) is 5.57 Å². The summed E-state index contributed by atoms with van der Waals surface area (Å²) in [5.74, 6) is -0.110. The molecule has 3 nitrogen and oxygen atoms in total. The Morgan fingerprint density at radius 3 is 2.18 bits per heavy atom. The molecule has 2 aromatic rings. The number of hydrogen-bond donors (Lipinski definition) is 0. The molecule has 2 rings (SSSR count). The van der Waals surface area contributed by atoms with Crippen LogP contribution in [0.15, 0.2) is 55.6 Å². The molecule has 0 aliphatic carbocycles. The minimum Gasteiger partial charge on any atom is -0.493 e. The molecule has 0 amide bonds. The van der Waals surface area contributed by atoms with Gasteiger partial charge in [-0.1, -0.05) is 24.3 Å². The number of alkyl halides is 6. The topological polar surface area (TPSA) is 42.2 Å². The number of benzene rings is 2. The Bertz CT molecular complexity index is 1050. The number of allylic oxidation sites excluding steroid dienone is 1. The Hall–Kier alpha value is -3.41. The van der Waals surface area contributed by atoms with E-state index >= 15 is 0 Å². The second-order valence-electron chi connectivity index (χ2n) is 7.20. The van der Waals surface area contributed by atoms with E-state index < -0.39 is 35.1 Å². The zero-order valence-corrected chi connectivity index (χ0v) is 17.7. The molecule has 33 heavy (non-hydrogen) atoms. The van der Waals surface area contributed by atoms with E-state index in [4.69, 9.17) is 14.7 Å². The summed E-state index contributed by atoms with van der Waals surface area (Å²) in [6.45, 7) is 8.55. The lowest BCUT2D eigenvalue weighted by Crippen LogP contribution is -2.20. The molecule has 0 fully saturated rings. The SMILES string of the molecule is C=CCC(CCOc1ccc(C(=C)C)c(C(F)(F)F)c1)Oc1ccc(C#N)c(C(F)(F)F)c1. The van der Waals surface area contributed by atoms with E-state index in [1.165, 1.54) is 37.3 Å². The van der Waals surface area contributed by atoms with Crippen LogP contribution < -0.4 is 9.47 Å². The van der Waals surface area contributed by atoms with Crippen LogP contribution in [-0.2, 0) is 12.4 Å². The summed E-state index contributed by atoms with van der Waals surface area (Å²) in [6.07, 6.45) is -8.04. The first-order valence-electron chi connectivity index (χ1n) is 9.75. The smallest absolute Gasteiger partial charge is 0.417 e. The van der Waals surface area contributed by atoms with Crippen LogP contribution in [0.2, 0.25) is 0 Å². The second-order valence-corrected chi connectivity index (χ2v) is 7.20. The molecule has 0 spiro atoms. The minimum atomic E-state index is -4.73. The molecule has 0 bridgehead atoms. The first-order chi connectivity index (χ1) is 15.4. The van der Waals surface area contributed by atoms with Gasteiger partial charge in [0, 0.05) is 12.8 Å². The molecule has 176 valence electrons. The van der Waals surface area contributed by atoms with Crippen LogP contribution in [0.5, 0.6) is 11.5 Å². The highest BCUT2D eigenvalue weighted by atomic mass is 19.4. The Morgan fingerprint density at radius 1 is 1.03 bits per heavy atom. The van der Waals surface area contributed by atoms with Crippen molar-refractivity contribution in [2.75, 3.05) is 6.61 Å². The number of nitrogens with zero attached hydrogens (tertiary/aromatic N) is 1. The number of nitriles is 1. The van der Waals surface area contributed by atoms with E-state index in [1.807, 2.05) is 0 Å². The normalized spacial score (nSPS) is 12.5. The zero-order valence-electron chi connectivity index (χ0n) is 17.7. The number of rotatable bonds is 9. The largest absolute Gasteiger partial charge is 0.493 e. The quantitative estimate of drug-likeness (QED) is 0.283. The summed E-state index contributed by atoms with van der Waals surface area (Å²) in [5, 5.41) is 8.88. The molecular formula is C24H21F6NO2. The van der Waals surface area contributed by atoms with Gasteiger partial charge >= 0.3 is 12.4 Å². The van der Waals surface area contributed by atoms with Crippen LogP contribution in [0.1, 0.15) is 42.0 Å². The van der Waals surface area contributed by atoms with Gasteiger partial charge in [0.2, 0.25) is 0 Å². The third kappa shape index (κ3) is 7.04. The molecule has 0 aliphatic heterocycles. The van der Waals surface area contributed by atoms with Crippen LogP contribution in [0, 0.1) is 11.3 Å². The van der Waals surface area contributed by atoms with Gasteiger partial charge in [-0.3, -0.25) is 0 Å². The zero-order chi connectivity index (χ0) is 24.8. The predicted octanol–water partition coefficient (Wildman–Crippen LogP) is 7.42. The maximum Gasteiger partial charge on any atom is 0.417 e. The number of ether oxygens (including phenoxy) is 2. The van der Waals surface area contributed by atoms with E-state index in [2.05, 4.69) is 13.2 Å². The van der Waals surface area contributed by atoms with E-state index in [-0.39, 0.29) is 42.1 Å². The van der Waals surface area contributed by atoms with Crippen molar-refractivity contribution in [1.29, 1.82) is 5.26 Å². The fourth-order valence-electron chi connectivity index (χ4n) is 3.06. The van der Waals surface area contributed by atoms with Crippen LogP contribution in [0.4, 0.5) is 26.3 Å². The molecule has 0 N–H and O–H groups in total. The fraction of sp³-hybridized carbons (Fsp3) is 0.292. The van der Waals surface area contributed by atoms with Crippen molar-refractivity contribution in [2.24, 2.45) is 0 Å². The third-order valence-electron chi connectivity index (χ3n) is 4.61. The maximum atomic E-state index is 13.3. The summed E-state index contributed by atoms with van der Waals surface area (Å²) < 4.78 is 90.5. The standard InChI is InChI=1S/C24H21F6NO2/c1-4-5-17(33-19-7-6-16(14-31)21(13-19)23(25,26)27)10-11-32-18-8-9-20(15(2)3)22(12-18)24(28,29)30/h4,6-9,12-13,17H,1-2,5,10-11H2,3H3. The summed E-state index contributed by atoms with van der Waals surface area (Å²) in [5.41, 5.74) is -2.30. The highest BCUT2D eigenvalue weighted by Gasteiger charge is 2.35. The molecular weight excluding hydrogens is 448 g/mol. The van der Waals surface area contributed by atoms with Crippen LogP contribution >= 0.6 is 0 Å². The first kappa shape index (κ1) is 25.8. The summed E-state index contributed by atoms with van der Waals surface area (Å²) in [6, 6.07) is 8.03. The average molecular weight is 469 g/mol. The van der Waals surface area contributed by atoms with Crippen molar-refractivity contribution >= 4 is 5.57 Å². The van der Waals surface area contributed by atoms with Crippen molar-refractivity contribution in [1.82, 2.24) is 0 Å². The third-order valence-corrected chi connectivity index (χ3v) is 4.61. The molecule has 9 heteroatoms. The molecule has 1 atom stereocenters. The maximum absolute atomic E-state index is 13.3. The molecule has 0 heterocycles. The Labute approximate surface area is 187 Å². The van der Waals surface area contributed by atoms with Gasteiger partial charge in [0.15, 0.2) is 0 Å². The van der Waals surface area contributed by atoms with Gasteiger partial charge < -0.3 is 9.47 Å². The van der Waals surface area contributed by atoms with E-state index in [9.17, 15) is 26.3 Å². The van der Waals surface area contributed by atoms with Crippen molar-refractivity contribution in [3.8, 4) is 17.6 Å². The van der Waals surface area contributed by atoms with Gasteiger partial charge in [-0.15, -0.1) is 6.58 Å². The van der Waals surface area contributed by atoms with Crippen molar-refractivity contribution < 1.29 is 35.8 Å². The summed E-state index contributed by atoms with van der Waals surface area (Å²) in [4.78, 5) is 0. The Kier molecular flexibility index (Phi) is 8.20.